The predicted octanol–water partition coefficient (Wildman–Crippen LogP) is 1.74. The van der Waals surface area contributed by atoms with Crippen LogP contribution >= 0.6 is 11.8 Å². The Kier molecular flexibility index (Phi) is 4.65. The average molecular weight is 253 g/mol. The Hall–Kier alpha value is -0.780. The summed E-state index contributed by atoms with van der Waals surface area (Å²) in [4.78, 5) is 4.22. The smallest absolute Gasteiger partial charge is 0.137 e. The Morgan fingerprint density at radius 2 is 2.53 bits per heavy atom. The van der Waals surface area contributed by atoms with Crippen LogP contribution in [0.3, 0.4) is 0 Å². The molecule has 1 aromatic heterocycles. The van der Waals surface area contributed by atoms with Crippen molar-refractivity contribution >= 4 is 11.8 Å². The zero-order valence-electron chi connectivity index (χ0n) is 10.1. The van der Waals surface area contributed by atoms with Crippen molar-refractivity contribution in [1.29, 1.82) is 0 Å². The van der Waals surface area contributed by atoms with Gasteiger partial charge >= 0.3 is 0 Å². The molecule has 2 rings (SSSR count). The van der Waals surface area contributed by atoms with E-state index in [-0.39, 0.29) is 6.04 Å². The minimum absolute atomic E-state index is 0.179. The summed E-state index contributed by atoms with van der Waals surface area (Å²) in [7, 11) is 0. The number of hydrogen-bond donors (Lipinski definition) is 2. The SMILES string of the molecule is CCOc1cncc(C(NN)C2CCSC2)c1. The molecule has 0 aliphatic carbocycles. The second kappa shape index (κ2) is 6.23. The molecule has 2 heterocycles. The minimum Gasteiger partial charge on any atom is -0.492 e. The highest BCUT2D eigenvalue weighted by Crippen LogP contribution is 2.34. The molecule has 1 aromatic rings. The maximum Gasteiger partial charge on any atom is 0.137 e. The van der Waals surface area contributed by atoms with E-state index in [9.17, 15) is 0 Å². The molecule has 17 heavy (non-hydrogen) atoms. The Labute approximate surface area is 106 Å². The normalized spacial score (nSPS) is 21.4. The molecule has 0 saturated carbocycles. The first-order chi connectivity index (χ1) is 8.35. The van der Waals surface area contributed by atoms with Crippen LogP contribution in [0.25, 0.3) is 0 Å². The van der Waals surface area contributed by atoms with E-state index in [4.69, 9.17) is 10.6 Å². The highest BCUT2D eigenvalue weighted by molar-refractivity contribution is 7.99. The summed E-state index contributed by atoms with van der Waals surface area (Å²) in [6.07, 6.45) is 4.82. The first-order valence-corrected chi connectivity index (χ1v) is 7.12. The second-order valence-corrected chi connectivity index (χ2v) is 5.30. The Morgan fingerprint density at radius 3 is 3.18 bits per heavy atom. The maximum atomic E-state index is 5.68. The fourth-order valence-electron chi connectivity index (χ4n) is 2.17. The van der Waals surface area contributed by atoms with Crippen LogP contribution in [0.1, 0.15) is 24.9 Å². The number of hydrogen-bond acceptors (Lipinski definition) is 5. The predicted molar refractivity (Wildman–Crippen MR) is 70.9 cm³/mol. The van der Waals surface area contributed by atoms with Crippen molar-refractivity contribution < 1.29 is 4.74 Å². The number of ether oxygens (including phenoxy) is 1. The number of nitrogens with one attached hydrogen (secondary N) is 1. The fourth-order valence-corrected chi connectivity index (χ4v) is 3.47. The Balaban J connectivity index is 2.14. The van der Waals surface area contributed by atoms with E-state index >= 15 is 0 Å². The first-order valence-electron chi connectivity index (χ1n) is 5.96. The number of nitrogens with zero attached hydrogens (tertiary/aromatic N) is 1. The number of nitrogens with two attached hydrogens (primary N) is 1. The van der Waals surface area contributed by atoms with Crippen LogP contribution in [0.4, 0.5) is 0 Å². The molecule has 4 nitrogen and oxygen atoms in total. The summed E-state index contributed by atoms with van der Waals surface area (Å²) in [5.74, 6) is 9.47. The zero-order chi connectivity index (χ0) is 12.1. The van der Waals surface area contributed by atoms with Gasteiger partial charge in [0, 0.05) is 6.20 Å². The lowest BCUT2D eigenvalue weighted by Crippen LogP contribution is -2.33. The molecule has 94 valence electrons. The van der Waals surface area contributed by atoms with Gasteiger partial charge in [0.1, 0.15) is 5.75 Å². The number of aromatic nitrogens is 1. The molecule has 0 aromatic carbocycles. The molecule has 1 fully saturated rings. The summed E-state index contributed by atoms with van der Waals surface area (Å²) in [6.45, 7) is 2.63. The van der Waals surface area contributed by atoms with Crippen molar-refractivity contribution in [2.75, 3.05) is 18.1 Å². The van der Waals surface area contributed by atoms with Crippen LogP contribution < -0.4 is 16.0 Å². The van der Waals surface area contributed by atoms with Gasteiger partial charge in [-0.3, -0.25) is 16.3 Å². The molecule has 1 aliphatic rings. The van der Waals surface area contributed by atoms with Crippen LogP contribution in [0.2, 0.25) is 0 Å². The quantitative estimate of drug-likeness (QED) is 0.618. The second-order valence-electron chi connectivity index (χ2n) is 4.15. The van der Waals surface area contributed by atoms with Crippen molar-refractivity contribution in [3.63, 3.8) is 0 Å². The highest BCUT2D eigenvalue weighted by Gasteiger charge is 2.26. The van der Waals surface area contributed by atoms with Gasteiger partial charge in [0.05, 0.1) is 18.8 Å². The summed E-state index contributed by atoms with van der Waals surface area (Å²) < 4.78 is 5.47. The van der Waals surface area contributed by atoms with Crippen LogP contribution in [0, 0.1) is 5.92 Å². The largest absolute Gasteiger partial charge is 0.492 e. The summed E-state index contributed by atoms with van der Waals surface area (Å²) in [5, 5.41) is 0. The molecular weight excluding hydrogens is 234 g/mol. The number of thioether (sulfide) groups is 1. The Bertz CT molecular complexity index is 355. The van der Waals surface area contributed by atoms with Crippen LogP contribution in [0.5, 0.6) is 5.75 Å². The van der Waals surface area contributed by atoms with Crippen molar-refractivity contribution in [2.45, 2.75) is 19.4 Å². The molecule has 0 amide bonds. The molecular formula is C12H19N3OS. The summed E-state index contributed by atoms with van der Waals surface area (Å²) in [5.41, 5.74) is 4.04. The van der Waals surface area contributed by atoms with Gasteiger partial charge in [0.25, 0.3) is 0 Å². The lowest BCUT2D eigenvalue weighted by molar-refractivity contribution is 0.336. The topological polar surface area (TPSA) is 60.2 Å². The number of pyridine rings is 1. The van der Waals surface area contributed by atoms with E-state index in [0.717, 1.165) is 17.1 Å². The lowest BCUT2D eigenvalue weighted by atomic mass is 9.94. The maximum absolute atomic E-state index is 5.68. The molecule has 2 atom stereocenters. The third kappa shape index (κ3) is 3.12. The van der Waals surface area contributed by atoms with Crippen molar-refractivity contribution in [2.24, 2.45) is 11.8 Å². The van der Waals surface area contributed by atoms with Crippen molar-refractivity contribution in [1.82, 2.24) is 10.4 Å². The van der Waals surface area contributed by atoms with Crippen LogP contribution in [-0.4, -0.2) is 23.1 Å². The molecule has 3 N–H and O–H groups in total. The van der Waals surface area contributed by atoms with Gasteiger partial charge in [-0.2, -0.15) is 11.8 Å². The van der Waals surface area contributed by atoms with Crippen molar-refractivity contribution in [3.8, 4) is 5.75 Å². The van der Waals surface area contributed by atoms with Crippen molar-refractivity contribution in [3.05, 3.63) is 24.0 Å². The summed E-state index contributed by atoms with van der Waals surface area (Å²) >= 11 is 1.99. The molecule has 1 aliphatic heterocycles. The molecule has 0 radical (unpaired) electrons. The zero-order valence-corrected chi connectivity index (χ0v) is 10.9. The van der Waals surface area contributed by atoms with E-state index in [1.165, 1.54) is 12.2 Å². The summed E-state index contributed by atoms with van der Waals surface area (Å²) in [6, 6.07) is 2.21. The van der Waals surface area contributed by atoms with Gasteiger partial charge in [0.15, 0.2) is 0 Å². The van der Waals surface area contributed by atoms with E-state index in [0.29, 0.717) is 12.5 Å². The third-order valence-corrected chi connectivity index (χ3v) is 4.21. The van der Waals surface area contributed by atoms with Gasteiger partial charge in [0.2, 0.25) is 0 Å². The monoisotopic (exact) mass is 253 g/mol. The highest BCUT2D eigenvalue weighted by atomic mass is 32.2. The number of rotatable bonds is 5. The van der Waals surface area contributed by atoms with Crippen LogP contribution in [0.15, 0.2) is 18.5 Å². The van der Waals surface area contributed by atoms with E-state index in [1.54, 1.807) is 6.20 Å². The van der Waals surface area contributed by atoms with E-state index in [1.807, 2.05) is 30.9 Å². The molecule has 1 saturated heterocycles. The minimum atomic E-state index is 0.179. The molecule has 0 spiro atoms. The van der Waals surface area contributed by atoms with Gasteiger partial charge in [-0.05, 0) is 42.4 Å². The molecule has 5 heteroatoms. The van der Waals surface area contributed by atoms with Crippen LogP contribution in [-0.2, 0) is 0 Å². The fraction of sp³-hybridized carbons (Fsp3) is 0.583. The Morgan fingerprint density at radius 1 is 1.65 bits per heavy atom. The van der Waals surface area contributed by atoms with Gasteiger partial charge in [-0.25, -0.2) is 0 Å². The molecule has 2 unspecified atom stereocenters. The van der Waals surface area contributed by atoms with Gasteiger partial charge in [-0.1, -0.05) is 0 Å². The third-order valence-electron chi connectivity index (χ3n) is 3.02. The molecule has 0 bridgehead atoms. The van der Waals surface area contributed by atoms with E-state index in [2.05, 4.69) is 10.4 Å². The van der Waals surface area contributed by atoms with E-state index < -0.39 is 0 Å². The number of hydrazine groups is 1. The van der Waals surface area contributed by atoms with Gasteiger partial charge < -0.3 is 4.74 Å². The standard InChI is InChI=1S/C12H19N3OS/c1-2-16-11-5-10(6-14-7-11)12(15-13)9-3-4-17-8-9/h5-7,9,12,15H,2-4,8,13H2,1H3. The average Bonchev–Trinajstić information content (AvgIpc) is 2.85. The van der Waals surface area contributed by atoms with Gasteiger partial charge in [-0.15, -0.1) is 0 Å². The lowest BCUT2D eigenvalue weighted by Gasteiger charge is -2.22. The first kappa shape index (κ1) is 12.7.